The predicted molar refractivity (Wildman–Crippen MR) is 104 cm³/mol. The van der Waals surface area contributed by atoms with E-state index in [1.165, 1.54) is 0 Å². The van der Waals surface area contributed by atoms with Crippen LogP contribution < -0.4 is 4.74 Å². The number of fused-ring (bicyclic) bond motifs is 2. The first-order valence-electron chi connectivity index (χ1n) is 7.86. The van der Waals surface area contributed by atoms with E-state index in [2.05, 4.69) is 0 Å². The molecule has 0 unspecified atom stereocenters. The summed E-state index contributed by atoms with van der Waals surface area (Å²) in [6, 6.07) is 18.5. The average molecular weight is 454 g/mol. The van der Waals surface area contributed by atoms with Crippen LogP contribution in [0.25, 0.3) is 0 Å². The highest BCUT2D eigenvalue weighted by atomic mass is 127. The molecule has 126 valence electrons. The first-order chi connectivity index (χ1) is 12.6. The molecule has 0 heterocycles. The zero-order valence-electron chi connectivity index (χ0n) is 13.4. The fourth-order valence-electron chi connectivity index (χ4n) is 2.96. The molecular formula is C21H11IO4. The third kappa shape index (κ3) is 2.64. The number of halogens is 1. The molecule has 4 nitrogen and oxygen atoms in total. The maximum Gasteiger partial charge on any atom is 0.343 e. The zero-order valence-corrected chi connectivity index (χ0v) is 15.5. The number of carbonyl (C=O) groups excluding carboxylic acids is 3. The van der Waals surface area contributed by atoms with Crippen molar-refractivity contribution in [2.45, 2.75) is 0 Å². The minimum absolute atomic E-state index is 0.129. The highest BCUT2D eigenvalue weighted by molar-refractivity contribution is 14.1. The van der Waals surface area contributed by atoms with Crippen molar-refractivity contribution >= 4 is 40.1 Å². The Hall–Kier alpha value is -2.80. The Kier molecular flexibility index (Phi) is 4.16. The van der Waals surface area contributed by atoms with E-state index >= 15 is 0 Å². The molecule has 0 saturated carbocycles. The summed E-state index contributed by atoms with van der Waals surface area (Å²) in [7, 11) is 0. The highest BCUT2D eigenvalue weighted by Gasteiger charge is 2.33. The van der Waals surface area contributed by atoms with Gasteiger partial charge in [-0.2, -0.15) is 0 Å². The van der Waals surface area contributed by atoms with Gasteiger partial charge in [-0.3, -0.25) is 9.59 Å². The molecule has 1 aliphatic rings. The molecule has 0 amide bonds. The Bertz CT molecular complexity index is 1070. The maximum absolute atomic E-state index is 13.0. The van der Waals surface area contributed by atoms with E-state index in [-0.39, 0.29) is 28.4 Å². The second-order valence-electron chi connectivity index (χ2n) is 5.76. The molecule has 0 radical (unpaired) electrons. The summed E-state index contributed by atoms with van der Waals surface area (Å²) in [4.78, 5) is 38.2. The van der Waals surface area contributed by atoms with Gasteiger partial charge in [0.2, 0.25) is 0 Å². The number of carbonyl (C=O) groups is 3. The molecule has 0 aromatic heterocycles. The first-order valence-corrected chi connectivity index (χ1v) is 8.94. The standard InChI is InChI=1S/C21H11IO4/c22-16-11-10-15-17(19(24)14-9-5-4-8-13(14)18(15)23)20(16)26-21(25)12-6-2-1-3-7-12/h1-11H. The third-order valence-electron chi connectivity index (χ3n) is 4.20. The Morgan fingerprint density at radius 3 is 2.04 bits per heavy atom. The fourth-order valence-corrected chi connectivity index (χ4v) is 3.52. The molecule has 1 aliphatic carbocycles. The monoisotopic (exact) mass is 454 g/mol. The second-order valence-corrected chi connectivity index (χ2v) is 6.92. The lowest BCUT2D eigenvalue weighted by Gasteiger charge is -2.20. The van der Waals surface area contributed by atoms with Gasteiger partial charge in [-0.25, -0.2) is 4.79 Å². The van der Waals surface area contributed by atoms with Crippen LogP contribution in [0, 0.1) is 3.57 Å². The maximum atomic E-state index is 13.0. The van der Waals surface area contributed by atoms with Crippen LogP contribution in [0.4, 0.5) is 0 Å². The Labute approximate surface area is 162 Å². The molecule has 0 N–H and O–H groups in total. The molecule has 0 atom stereocenters. The van der Waals surface area contributed by atoms with Crippen molar-refractivity contribution in [2.24, 2.45) is 0 Å². The van der Waals surface area contributed by atoms with E-state index in [4.69, 9.17) is 4.74 Å². The summed E-state index contributed by atoms with van der Waals surface area (Å²) in [5, 5.41) is 0. The summed E-state index contributed by atoms with van der Waals surface area (Å²) in [6.07, 6.45) is 0. The quantitative estimate of drug-likeness (QED) is 0.258. The van der Waals surface area contributed by atoms with Crippen molar-refractivity contribution in [3.8, 4) is 5.75 Å². The lowest BCUT2D eigenvalue weighted by atomic mass is 9.83. The molecule has 3 aromatic rings. The minimum atomic E-state index is -0.573. The number of hydrogen-bond acceptors (Lipinski definition) is 4. The molecule has 5 heteroatoms. The van der Waals surface area contributed by atoms with Crippen LogP contribution in [0.5, 0.6) is 5.75 Å². The third-order valence-corrected chi connectivity index (χ3v) is 5.05. The van der Waals surface area contributed by atoms with Gasteiger partial charge in [0.05, 0.1) is 14.7 Å². The van der Waals surface area contributed by atoms with Gasteiger partial charge in [-0.05, 0) is 46.9 Å². The largest absolute Gasteiger partial charge is 0.421 e. The normalized spacial score (nSPS) is 12.3. The molecule has 0 saturated heterocycles. The van der Waals surface area contributed by atoms with Gasteiger partial charge >= 0.3 is 5.97 Å². The number of benzene rings is 3. The van der Waals surface area contributed by atoms with Gasteiger partial charge in [0, 0.05) is 16.7 Å². The molecule has 0 spiro atoms. The van der Waals surface area contributed by atoms with E-state index in [9.17, 15) is 14.4 Å². The summed E-state index contributed by atoms with van der Waals surface area (Å²) >= 11 is 2.00. The van der Waals surface area contributed by atoms with E-state index in [0.29, 0.717) is 20.3 Å². The number of ether oxygens (including phenoxy) is 1. The van der Waals surface area contributed by atoms with Crippen LogP contribution in [0.3, 0.4) is 0 Å². The van der Waals surface area contributed by atoms with Crippen molar-refractivity contribution < 1.29 is 19.1 Å². The van der Waals surface area contributed by atoms with Gasteiger partial charge in [-0.1, -0.05) is 42.5 Å². The molecule has 26 heavy (non-hydrogen) atoms. The van der Waals surface area contributed by atoms with Crippen LogP contribution in [-0.2, 0) is 0 Å². The summed E-state index contributed by atoms with van der Waals surface area (Å²) < 4.78 is 6.13. The van der Waals surface area contributed by atoms with Crippen LogP contribution >= 0.6 is 22.6 Å². The molecular weight excluding hydrogens is 443 g/mol. The van der Waals surface area contributed by atoms with E-state index < -0.39 is 5.97 Å². The van der Waals surface area contributed by atoms with Crippen LogP contribution in [0.2, 0.25) is 0 Å². The molecule has 0 aliphatic heterocycles. The van der Waals surface area contributed by atoms with Gasteiger partial charge < -0.3 is 4.74 Å². The summed E-state index contributed by atoms with van der Waals surface area (Å²) in [5.41, 5.74) is 1.46. The van der Waals surface area contributed by atoms with E-state index in [1.807, 2.05) is 22.6 Å². The van der Waals surface area contributed by atoms with Crippen molar-refractivity contribution in [1.82, 2.24) is 0 Å². The van der Waals surface area contributed by atoms with Crippen molar-refractivity contribution in [3.05, 3.63) is 98.1 Å². The molecule has 3 aromatic carbocycles. The van der Waals surface area contributed by atoms with Crippen molar-refractivity contribution in [1.29, 1.82) is 0 Å². The SMILES string of the molecule is O=C(Oc1c(I)ccc2c1C(=O)c1ccccc1C2=O)c1ccccc1. The number of hydrogen-bond donors (Lipinski definition) is 0. The summed E-state index contributed by atoms with van der Waals surface area (Å²) in [5.74, 6) is -1.01. The number of rotatable bonds is 2. The highest BCUT2D eigenvalue weighted by Crippen LogP contribution is 2.36. The topological polar surface area (TPSA) is 60.4 Å². The smallest absolute Gasteiger partial charge is 0.343 e. The Morgan fingerprint density at radius 1 is 0.731 bits per heavy atom. The molecule has 4 rings (SSSR count). The molecule has 0 bridgehead atoms. The minimum Gasteiger partial charge on any atom is -0.421 e. The van der Waals surface area contributed by atoms with Crippen LogP contribution in [0.1, 0.15) is 42.2 Å². The predicted octanol–water partition coefficient (Wildman–Crippen LogP) is 4.29. The van der Waals surface area contributed by atoms with Crippen molar-refractivity contribution in [2.75, 3.05) is 0 Å². The number of ketones is 2. The van der Waals surface area contributed by atoms with Crippen molar-refractivity contribution in [3.63, 3.8) is 0 Å². The lowest BCUT2D eigenvalue weighted by molar-refractivity contribution is 0.0730. The fraction of sp³-hybridized carbons (Fsp3) is 0. The number of esters is 1. The van der Waals surface area contributed by atoms with E-state index in [0.717, 1.165) is 0 Å². The van der Waals surface area contributed by atoms with Crippen LogP contribution in [-0.4, -0.2) is 17.5 Å². The van der Waals surface area contributed by atoms with Gasteiger partial charge in [0.25, 0.3) is 0 Å². The lowest BCUT2D eigenvalue weighted by Crippen LogP contribution is -2.23. The zero-order chi connectivity index (χ0) is 18.3. The molecule has 0 fully saturated rings. The summed E-state index contributed by atoms with van der Waals surface area (Å²) in [6.45, 7) is 0. The van der Waals surface area contributed by atoms with E-state index in [1.54, 1.807) is 66.7 Å². The van der Waals surface area contributed by atoms with Gasteiger partial charge in [-0.15, -0.1) is 0 Å². The Balaban J connectivity index is 1.84. The second kappa shape index (κ2) is 6.49. The van der Waals surface area contributed by atoms with Gasteiger partial charge in [0.1, 0.15) is 0 Å². The first kappa shape index (κ1) is 16.7. The van der Waals surface area contributed by atoms with Gasteiger partial charge in [0.15, 0.2) is 17.3 Å². The Morgan fingerprint density at radius 2 is 1.35 bits per heavy atom. The van der Waals surface area contributed by atoms with Crippen LogP contribution in [0.15, 0.2) is 66.7 Å². The average Bonchev–Trinajstić information content (AvgIpc) is 2.68.